The van der Waals surface area contributed by atoms with Crippen molar-refractivity contribution in [2.75, 3.05) is 7.05 Å². The monoisotopic (exact) mass is 260 g/mol. The molecular formula is C16H24N2O. The van der Waals surface area contributed by atoms with Crippen LogP contribution < -0.4 is 5.73 Å². The van der Waals surface area contributed by atoms with Crippen LogP contribution in [0.2, 0.25) is 0 Å². The minimum atomic E-state index is -0.422. The summed E-state index contributed by atoms with van der Waals surface area (Å²) >= 11 is 0. The molecule has 0 heterocycles. The normalized spacial score (nSPS) is 18.0. The van der Waals surface area contributed by atoms with E-state index in [0.29, 0.717) is 12.5 Å². The quantitative estimate of drug-likeness (QED) is 0.903. The molecule has 1 amide bonds. The molecule has 1 aromatic rings. The average Bonchev–Trinajstić information content (AvgIpc) is 2.47. The van der Waals surface area contributed by atoms with Crippen molar-refractivity contribution in [1.29, 1.82) is 0 Å². The van der Waals surface area contributed by atoms with Gasteiger partial charge in [0.1, 0.15) is 0 Å². The number of rotatable bonds is 4. The molecule has 0 aliphatic heterocycles. The van der Waals surface area contributed by atoms with Crippen molar-refractivity contribution in [1.82, 2.24) is 4.90 Å². The first-order chi connectivity index (χ1) is 9.18. The maximum atomic E-state index is 12.3. The lowest BCUT2D eigenvalue weighted by Gasteiger charge is -2.32. The summed E-state index contributed by atoms with van der Waals surface area (Å²) in [5.41, 5.74) is 7.19. The molecule has 1 aromatic carbocycles. The molecule has 0 unspecified atom stereocenters. The highest BCUT2D eigenvalue weighted by Crippen LogP contribution is 2.22. The molecule has 19 heavy (non-hydrogen) atoms. The topological polar surface area (TPSA) is 46.3 Å². The molecule has 0 bridgehead atoms. The largest absolute Gasteiger partial charge is 0.341 e. The van der Waals surface area contributed by atoms with Crippen LogP contribution >= 0.6 is 0 Å². The third-order valence-corrected chi connectivity index (χ3v) is 4.09. The SMILES string of the molecule is CN(C(=O)[C@H](N)Cc1ccccc1)C1CCCCC1. The summed E-state index contributed by atoms with van der Waals surface area (Å²) in [6, 6.07) is 9.96. The van der Waals surface area contributed by atoms with Gasteiger partial charge in [0.05, 0.1) is 6.04 Å². The van der Waals surface area contributed by atoms with Crippen molar-refractivity contribution < 1.29 is 4.79 Å². The molecule has 2 N–H and O–H groups in total. The Labute approximate surface area is 115 Å². The van der Waals surface area contributed by atoms with Crippen LogP contribution in [0.1, 0.15) is 37.7 Å². The molecule has 2 rings (SSSR count). The van der Waals surface area contributed by atoms with Gasteiger partial charge in [-0.3, -0.25) is 4.79 Å². The summed E-state index contributed by atoms with van der Waals surface area (Å²) in [4.78, 5) is 14.2. The van der Waals surface area contributed by atoms with Gasteiger partial charge in [-0.05, 0) is 24.8 Å². The van der Waals surface area contributed by atoms with Gasteiger partial charge in [0.25, 0.3) is 0 Å². The number of nitrogens with zero attached hydrogens (tertiary/aromatic N) is 1. The summed E-state index contributed by atoms with van der Waals surface area (Å²) in [6.45, 7) is 0. The molecule has 3 nitrogen and oxygen atoms in total. The van der Waals surface area contributed by atoms with E-state index in [1.54, 1.807) is 0 Å². The lowest BCUT2D eigenvalue weighted by Crippen LogP contribution is -2.48. The summed E-state index contributed by atoms with van der Waals surface area (Å²) < 4.78 is 0. The van der Waals surface area contributed by atoms with E-state index < -0.39 is 6.04 Å². The predicted molar refractivity (Wildman–Crippen MR) is 77.8 cm³/mol. The van der Waals surface area contributed by atoms with Gasteiger partial charge in [-0.15, -0.1) is 0 Å². The van der Waals surface area contributed by atoms with E-state index in [4.69, 9.17) is 5.73 Å². The van der Waals surface area contributed by atoms with Crippen LogP contribution in [-0.4, -0.2) is 29.9 Å². The first-order valence-electron chi connectivity index (χ1n) is 7.24. The van der Waals surface area contributed by atoms with Gasteiger partial charge in [-0.1, -0.05) is 49.6 Å². The van der Waals surface area contributed by atoms with Gasteiger partial charge < -0.3 is 10.6 Å². The van der Waals surface area contributed by atoms with Crippen molar-refractivity contribution in [3.8, 4) is 0 Å². The number of amides is 1. The van der Waals surface area contributed by atoms with E-state index in [9.17, 15) is 4.79 Å². The Balaban J connectivity index is 1.90. The van der Waals surface area contributed by atoms with E-state index in [2.05, 4.69) is 0 Å². The molecule has 1 aliphatic rings. The summed E-state index contributed by atoms with van der Waals surface area (Å²) in [6.07, 6.45) is 6.64. The fourth-order valence-electron chi connectivity index (χ4n) is 2.87. The first-order valence-corrected chi connectivity index (χ1v) is 7.24. The van der Waals surface area contributed by atoms with Crippen molar-refractivity contribution >= 4 is 5.91 Å². The van der Waals surface area contributed by atoms with Crippen LogP contribution in [0.4, 0.5) is 0 Å². The second-order valence-corrected chi connectivity index (χ2v) is 5.54. The third kappa shape index (κ3) is 3.80. The number of carbonyl (C=O) groups is 1. The van der Waals surface area contributed by atoms with Gasteiger partial charge in [0.2, 0.25) is 5.91 Å². The molecule has 1 saturated carbocycles. The molecule has 3 heteroatoms. The number of hydrogen-bond donors (Lipinski definition) is 1. The van der Waals surface area contributed by atoms with Gasteiger partial charge in [-0.2, -0.15) is 0 Å². The Hall–Kier alpha value is -1.35. The molecule has 1 atom stereocenters. The standard InChI is InChI=1S/C16H24N2O/c1-18(14-10-6-3-7-11-14)16(19)15(17)12-13-8-4-2-5-9-13/h2,4-5,8-9,14-15H,3,6-7,10-12,17H2,1H3/t15-/m1/s1. The van der Waals surface area contributed by atoms with Crippen LogP contribution in [0.15, 0.2) is 30.3 Å². The molecule has 1 aliphatic carbocycles. The Kier molecular flexibility index (Phi) is 4.97. The highest BCUT2D eigenvalue weighted by molar-refractivity contribution is 5.82. The summed E-state index contributed by atoms with van der Waals surface area (Å²) in [5, 5.41) is 0. The van der Waals surface area contributed by atoms with Gasteiger partial charge in [0.15, 0.2) is 0 Å². The third-order valence-electron chi connectivity index (χ3n) is 4.09. The van der Waals surface area contributed by atoms with Crippen molar-refractivity contribution in [3.05, 3.63) is 35.9 Å². The Morgan fingerprint density at radius 1 is 1.26 bits per heavy atom. The molecular weight excluding hydrogens is 236 g/mol. The second kappa shape index (κ2) is 6.71. The minimum absolute atomic E-state index is 0.0794. The Morgan fingerprint density at radius 2 is 1.89 bits per heavy atom. The smallest absolute Gasteiger partial charge is 0.239 e. The van der Waals surface area contributed by atoms with Crippen LogP contribution in [0.25, 0.3) is 0 Å². The molecule has 0 radical (unpaired) electrons. The fourth-order valence-corrected chi connectivity index (χ4v) is 2.87. The van der Waals surface area contributed by atoms with Crippen LogP contribution in [0.5, 0.6) is 0 Å². The van der Waals surface area contributed by atoms with E-state index in [-0.39, 0.29) is 5.91 Å². The summed E-state index contributed by atoms with van der Waals surface area (Å²) in [5.74, 6) is 0.0794. The Bertz CT molecular complexity index is 398. The number of hydrogen-bond acceptors (Lipinski definition) is 2. The summed E-state index contributed by atoms with van der Waals surface area (Å²) in [7, 11) is 1.91. The zero-order chi connectivity index (χ0) is 13.7. The zero-order valence-electron chi connectivity index (χ0n) is 11.7. The molecule has 0 saturated heterocycles. The van der Waals surface area contributed by atoms with Gasteiger partial charge >= 0.3 is 0 Å². The number of benzene rings is 1. The lowest BCUT2D eigenvalue weighted by molar-refractivity contribution is -0.133. The zero-order valence-corrected chi connectivity index (χ0v) is 11.7. The molecule has 0 spiro atoms. The highest BCUT2D eigenvalue weighted by Gasteiger charge is 2.25. The van der Waals surface area contributed by atoms with Crippen LogP contribution in [0, 0.1) is 0 Å². The van der Waals surface area contributed by atoms with E-state index >= 15 is 0 Å². The van der Waals surface area contributed by atoms with Crippen molar-refractivity contribution in [2.45, 2.75) is 50.6 Å². The van der Waals surface area contributed by atoms with Gasteiger partial charge in [0, 0.05) is 13.1 Å². The first kappa shape index (κ1) is 14.1. The number of nitrogens with two attached hydrogens (primary N) is 1. The predicted octanol–water partition coefficient (Wildman–Crippen LogP) is 2.35. The van der Waals surface area contributed by atoms with Gasteiger partial charge in [-0.25, -0.2) is 0 Å². The fraction of sp³-hybridized carbons (Fsp3) is 0.562. The van der Waals surface area contributed by atoms with Crippen molar-refractivity contribution in [2.24, 2.45) is 5.73 Å². The second-order valence-electron chi connectivity index (χ2n) is 5.54. The maximum Gasteiger partial charge on any atom is 0.239 e. The number of carbonyl (C=O) groups excluding carboxylic acids is 1. The molecule has 1 fully saturated rings. The number of likely N-dealkylation sites (N-methyl/N-ethyl adjacent to an activating group) is 1. The van der Waals surface area contributed by atoms with Crippen LogP contribution in [-0.2, 0) is 11.2 Å². The van der Waals surface area contributed by atoms with Crippen LogP contribution in [0.3, 0.4) is 0 Å². The maximum absolute atomic E-state index is 12.3. The van der Waals surface area contributed by atoms with E-state index in [0.717, 1.165) is 18.4 Å². The molecule has 104 valence electrons. The lowest BCUT2D eigenvalue weighted by atomic mass is 9.94. The molecule has 0 aromatic heterocycles. The van der Waals surface area contributed by atoms with Crippen molar-refractivity contribution in [3.63, 3.8) is 0 Å². The average molecular weight is 260 g/mol. The Morgan fingerprint density at radius 3 is 2.53 bits per heavy atom. The van der Waals surface area contributed by atoms with E-state index in [1.807, 2.05) is 42.3 Å². The van der Waals surface area contributed by atoms with E-state index in [1.165, 1.54) is 19.3 Å². The minimum Gasteiger partial charge on any atom is -0.341 e. The highest BCUT2D eigenvalue weighted by atomic mass is 16.2.